The first kappa shape index (κ1) is 23.7. The van der Waals surface area contributed by atoms with E-state index in [1.165, 1.54) is 6.42 Å². The normalized spacial score (nSPS) is 13.3. The summed E-state index contributed by atoms with van der Waals surface area (Å²) in [4.78, 5) is 24.7. The SMILES string of the molecule is Cc1cc(Nc2nccc(C(F)(F)F)n2)cc(-c2cnc(NC3CCC3)nc2)c1.O=C(O)O. The van der Waals surface area contributed by atoms with Crippen molar-refractivity contribution in [3.63, 3.8) is 0 Å². The third-order valence-electron chi connectivity index (χ3n) is 4.70. The number of alkyl halides is 3. The number of carbonyl (C=O) groups is 1. The summed E-state index contributed by atoms with van der Waals surface area (Å²) >= 11 is 0. The molecule has 0 saturated heterocycles. The van der Waals surface area contributed by atoms with Gasteiger partial charge >= 0.3 is 12.3 Å². The number of nitrogens with zero attached hydrogens (tertiary/aromatic N) is 4. The van der Waals surface area contributed by atoms with Crippen molar-refractivity contribution < 1.29 is 28.2 Å². The molecule has 0 radical (unpaired) electrons. The van der Waals surface area contributed by atoms with Crippen molar-refractivity contribution >= 4 is 23.7 Å². The molecule has 4 N–H and O–H groups in total. The number of aromatic nitrogens is 4. The second-order valence-electron chi connectivity index (χ2n) is 7.33. The summed E-state index contributed by atoms with van der Waals surface area (Å²) in [7, 11) is 0. The lowest BCUT2D eigenvalue weighted by atomic mass is 9.93. The standard InChI is InChI=1S/C20H19F3N6.CH2O3/c1-12-7-13(14-10-25-18(26-11-14)27-15-3-2-4-15)9-16(8-12)28-19-24-6-5-17(29-19)20(21,22)23;2-1(3)4/h5-11,15H,2-4H2,1H3,(H,24,28,29)(H,25,26,27);(H2,2,3,4). The molecule has 0 bridgehead atoms. The molecule has 4 rings (SSSR count). The predicted octanol–water partition coefficient (Wildman–Crippen LogP) is 5.19. The molecule has 1 aromatic carbocycles. The molecular formula is C21H21F3N6O3. The lowest BCUT2D eigenvalue weighted by molar-refractivity contribution is -0.141. The van der Waals surface area contributed by atoms with Crippen LogP contribution < -0.4 is 10.6 Å². The van der Waals surface area contributed by atoms with E-state index in [2.05, 4.69) is 30.6 Å². The van der Waals surface area contributed by atoms with E-state index >= 15 is 0 Å². The summed E-state index contributed by atoms with van der Waals surface area (Å²) in [6.45, 7) is 1.90. The van der Waals surface area contributed by atoms with Gasteiger partial charge in [0.25, 0.3) is 0 Å². The third-order valence-corrected chi connectivity index (χ3v) is 4.70. The molecule has 1 aliphatic rings. The number of nitrogens with one attached hydrogen (secondary N) is 2. The molecule has 0 atom stereocenters. The second-order valence-corrected chi connectivity index (χ2v) is 7.33. The van der Waals surface area contributed by atoms with Crippen LogP contribution in [0.3, 0.4) is 0 Å². The molecule has 33 heavy (non-hydrogen) atoms. The van der Waals surface area contributed by atoms with Crippen LogP contribution in [0.1, 0.15) is 30.5 Å². The third kappa shape index (κ3) is 7.02. The first-order valence-electron chi connectivity index (χ1n) is 9.90. The van der Waals surface area contributed by atoms with Gasteiger partial charge in [0, 0.05) is 35.9 Å². The van der Waals surface area contributed by atoms with Gasteiger partial charge in [0.15, 0.2) is 0 Å². The van der Waals surface area contributed by atoms with Crippen LogP contribution in [0, 0.1) is 6.92 Å². The Bertz CT molecular complexity index is 1100. The number of halogens is 3. The molecular weight excluding hydrogens is 441 g/mol. The van der Waals surface area contributed by atoms with Crippen LogP contribution >= 0.6 is 0 Å². The van der Waals surface area contributed by atoms with E-state index in [-0.39, 0.29) is 5.95 Å². The van der Waals surface area contributed by atoms with Gasteiger partial charge in [-0.2, -0.15) is 13.2 Å². The number of anilines is 3. The lowest BCUT2D eigenvalue weighted by Crippen LogP contribution is -2.27. The molecule has 1 aliphatic carbocycles. The van der Waals surface area contributed by atoms with E-state index in [0.29, 0.717) is 17.7 Å². The number of hydrogen-bond donors (Lipinski definition) is 4. The topological polar surface area (TPSA) is 133 Å². The Hall–Kier alpha value is -3.96. The Morgan fingerprint density at radius 2 is 1.70 bits per heavy atom. The van der Waals surface area contributed by atoms with Crippen molar-refractivity contribution in [1.29, 1.82) is 0 Å². The quantitative estimate of drug-likeness (QED) is 0.404. The summed E-state index contributed by atoms with van der Waals surface area (Å²) in [5, 5.41) is 20.1. The van der Waals surface area contributed by atoms with E-state index in [4.69, 9.17) is 15.0 Å². The smallest absolute Gasteiger partial charge is 0.450 e. The molecule has 1 saturated carbocycles. The zero-order valence-electron chi connectivity index (χ0n) is 17.5. The Balaban J connectivity index is 0.000000709. The Morgan fingerprint density at radius 3 is 2.27 bits per heavy atom. The average Bonchev–Trinajstić information content (AvgIpc) is 2.70. The number of hydrogen-bond acceptors (Lipinski definition) is 7. The van der Waals surface area contributed by atoms with E-state index < -0.39 is 18.0 Å². The first-order chi connectivity index (χ1) is 15.6. The number of rotatable bonds is 5. The maximum atomic E-state index is 12.9. The van der Waals surface area contributed by atoms with Crippen LogP contribution in [-0.2, 0) is 6.18 Å². The van der Waals surface area contributed by atoms with Crippen LogP contribution in [0.4, 0.5) is 35.5 Å². The lowest BCUT2D eigenvalue weighted by Gasteiger charge is -2.26. The van der Waals surface area contributed by atoms with Crippen LogP contribution in [0.25, 0.3) is 11.1 Å². The monoisotopic (exact) mass is 462 g/mol. The molecule has 0 unspecified atom stereocenters. The van der Waals surface area contributed by atoms with Crippen molar-refractivity contribution in [2.75, 3.05) is 10.6 Å². The van der Waals surface area contributed by atoms with Gasteiger partial charge in [0.1, 0.15) is 5.69 Å². The number of benzene rings is 1. The van der Waals surface area contributed by atoms with E-state index in [1.54, 1.807) is 24.5 Å². The largest absolute Gasteiger partial charge is 0.503 e. The highest BCUT2D eigenvalue weighted by Crippen LogP contribution is 2.29. The fourth-order valence-electron chi connectivity index (χ4n) is 3.01. The predicted molar refractivity (Wildman–Crippen MR) is 114 cm³/mol. The van der Waals surface area contributed by atoms with Crippen molar-refractivity contribution in [3.05, 3.63) is 54.1 Å². The minimum absolute atomic E-state index is 0.118. The van der Waals surface area contributed by atoms with Gasteiger partial charge in [-0.25, -0.2) is 24.7 Å². The van der Waals surface area contributed by atoms with Gasteiger partial charge in [0.2, 0.25) is 11.9 Å². The van der Waals surface area contributed by atoms with Gasteiger partial charge < -0.3 is 20.8 Å². The van der Waals surface area contributed by atoms with Gasteiger partial charge in [-0.1, -0.05) is 6.07 Å². The van der Waals surface area contributed by atoms with Crippen molar-refractivity contribution in [2.45, 2.75) is 38.4 Å². The van der Waals surface area contributed by atoms with Crippen molar-refractivity contribution in [3.8, 4) is 11.1 Å². The highest BCUT2D eigenvalue weighted by atomic mass is 19.4. The van der Waals surface area contributed by atoms with E-state index in [9.17, 15) is 13.2 Å². The number of carboxylic acid groups (broad SMARTS) is 2. The van der Waals surface area contributed by atoms with Crippen LogP contribution in [0.15, 0.2) is 42.9 Å². The summed E-state index contributed by atoms with van der Waals surface area (Å²) in [5.74, 6) is 0.481. The molecule has 2 heterocycles. The van der Waals surface area contributed by atoms with Crippen LogP contribution in [0.2, 0.25) is 0 Å². The molecule has 0 spiro atoms. The van der Waals surface area contributed by atoms with Gasteiger partial charge in [-0.15, -0.1) is 0 Å². The minimum atomic E-state index is -4.52. The summed E-state index contributed by atoms with van der Waals surface area (Å²) in [6.07, 6.45) is 1.68. The summed E-state index contributed by atoms with van der Waals surface area (Å²) in [5.41, 5.74) is 2.16. The van der Waals surface area contributed by atoms with Crippen LogP contribution in [-0.4, -0.2) is 42.3 Å². The summed E-state index contributed by atoms with van der Waals surface area (Å²) in [6, 6.07) is 6.84. The molecule has 0 aliphatic heterocycles. The molecule has 2 aromatic heterocycles. The zero-order valence-corrected chi connectivity index (χ0v) is 17.5. The van der Waals surface area contributed by atoms with Gasteiger partial charge in [-0.05, 0) is 55.5 Å². The van der Waals surface area contributed by atoms with Gasteiger partial charge in [-0.3, -0.25) is 0 Å². The highest BCUT2D eigenvalue weighted by molar-refractivity contribution is 5.70. The van der Waals surface area contributed by atoms with Crippen LogP contribution in [0.5, 0.6) is 0 Å². The molecule has 0 amide bonds. The Morgan fingerprint density at radius 1 is 1.03 bits per heavy atom. The number of aryl methyl sites for hydroxylation is 1. The maximum absolute atomic E-state index is 12.9. The van der Waals surface area contributed by atoms with Gasteiger partial charge in [0.05, 0.1) is 0 Å². The second kappa shape index (κ2) is 10.1. The first-order valence-corrected chi connectivity index (χ1v) is 9.90. The molecule has 12 heteroatoms. The van der Waals surface area contributed by atoms with E-state index in [1.807, 2.05) is 13.0 Å². The maximum Gasteiger partial charge on any atom is 0.503 e. The fourth-order valence-corrected chi connectivity index (χ4v) is 3.01. The van der Waals surface area contributed by atoms with Crippen molar-refractivity contribution in [1.82, 2.24) is 19.9 Å². The molecule has 9 nitrogen and oxygen atoms in total. The molecule has 1 fully saturated rings. The summed E-state index contributed by atoms with van der Waals surface area (Å²) < 4.78 is 38.6. The zero-order chi connectivity index (χ0) is 24.0. The Labute approximate surface area is 186 Å². The minimum Gasteiger partial charge on any atom is -0.450 e. The van der Waals surface area contributed by atoms with Crippen molar-refractivity contribution in [2.24, 2.45) is 0 Å². The highest BCUT2D eigenvalue weighted by Gasteiger charge is 2.32. The fraction of sp³-hybridized carbons (Fsp3) is 0.286. The average molecular weight is 462 g/mol. The Kier molecular flexibility index (Phi) is 7.26. The molecule has 174 valence electrons. The van der Waals surface area contributed by atoms with E-state index in [0.717, 1.165) is 41.8 Å². The molecule has 3 aromatic rings.